The summed E-state index contributed by atoms with van der Waals surface area (Å²) in [4.78, 5) is 15.4. The van der Waals surface area contributed by atoms with Gasteiger partial charge in [0.15, 0.2) is 0 Å². The number of rotatable bonds is 3. The maximum absolute atomic E-state index is 12.6. The predicted octanol–water partition coefficient (Wildman–Crippen LogP) is 0.865. The normalized spacial score (nSPS) is 17.6. The summed E-state index contributed by atoms with van der Waals surface area (Å²) in [6, 6.07) is 2.52. The van der Waals surface area contributed by atoms with Gasteiger partial charge in [0.1, 0.15) is 11.5 Å². The summed E-state index contributed by atoms with van der Waals surface area (Å²) >= 11 is 0. The molecule has 16 heavy (non-hydrogen) atoms. The largest absolute Gasteiger partial charge is 0.394 e. The average molecular weight is 224 g/mol. The number of aliphatic hydroxyl groups excluding tert-OH is 1. The fourth-order valence-electron chi connectivity index (χ4n) is 1.74. The Bertz CT molecular complexity index is 382. The van der Waals surface area contributed by atoms with Crippen LogP contribution in [0.15, 0.2) is 18.3 Å². The molecule has 0 bridgehead atoms. The van der Waals surface area contributed by atoms with E-state index in [-0.39, 0.29) is 18.2 Å². The Labute approximate surface area is 92.5 Å². The molecule has 1 saturated carbocycles. The molecule has 1 aliphatic carbocycles. The molecule has 1 aromatic rings. The first kappa shape index (κ1) is 11.0. The number of aliphatic hydroxyl groups is 1. The molecule has 1 aromatic heterocycles. The highest BCUT2D eigenvalue weighted by atomic mass is 19.1. The lowest BCUT2D eigenvalue weighted by Crippen LogP contribution is -2.56. The molecule has 2 N–H and O–H groups in total. The smallest absolute Gasteiger partial charge is 0.270 e. The van der Waals surface area contributed by atoms with E-state index in [1.165, 1.54) is 12.1 Å². The Morgan fingerprint density at radius 2 is 2.31 bits per heavy atom. The molecular formula is C11H13FN2O2. The highest BCUT2D eigenvalue weighted by Gasteiger charge is 2.38. The van der Waals surface area contributed by atoms with Crippen LogP contribution in [0.2, 0.25) is 0 Å². The Hall–Kier alpha value is -1.49. The number of aromatic nitrogens is 1. The van der Waals surface area contributed by atoms with Crippen LogP contribution < -0.4 is 5.32 Å². The van der Waals surface area contributed by atoms with Gasteiger partial charge in [0.05, 0.1) is 18.3 Å². The highest BCUT2D eigenvalue weighted by Crippen LogP contribution is 2.31. The molecule has 1 fully saturated rings. The van der Waals surface area contributed by atoms with Crippen molar-refractivity contribution in [2.24, 2.45) is 0 Å². The summed E-state index contributed by atoms with van der Waals surface area (Å²) in [5.41, 5.74) is -0.325. The lowest BCUT2D eigenvalue weighted by molar-refractivity contribution is 0.0637. The minimum Gasteiger partial charge on any atom is -0.394 e. The van der Waals surface area contributed by atoms with Crippen molar-refractivity contribution in [1.82, 2.24) is 10.3 Å². The maximum Gasteiger partial charge on any atom is 0.270 e. The molecule has 0 atom stereocenters. The summed E-state index contributed by atoms with van der Waals surface area (Å²) in [5.74, 6) is -0.842. The molecule has 4 nitrogen and oxygen atoms in total. The lowest BCUT2D eigenvalue weighted by Gasteiger charge is -2.40. The van der Waals surface area contributed by atoms with Crippen LogP contribution in [-0.2, 0) is 0 Å². The molecule has 1 amide bonds. The number of nitrogens with one attached hydrogen (secondary N) is 1. The molecule has 0 aliphatic heterocycles. The van der Waals surface area contributed by atoms with Gasteiger partial charge in [0.25, 0.3) is 5.91 Å². The highest BCUT2D eigenvalue weighted by molar-refractivity contribution is 5.92. The van der Waals surface area contributed by atoms with Crippen LogP contribution >= 0.6 is 0 Å². The van der Waals surface area contributed by atoms with Crippen LogP contribution in [0.4, 0.5) is 4.39 Å². The summed E-state index contributed by atoms with van der Waals surface area (Å²) in [6.07, 6.45) is 3.55. The van der Waals surface area contributed by atoms with Gasteiger partial charge in [-0.05, 0) is 31.4 Å². The van der Waals surface area contributed by atoms with Gasteiger partial charge in [-0.3, -0.25) is 4.79 Å². The SMILES string of the molecule is O=C(NC1(CO)CCC1)c1ccc(F)cn1. The van der Waals surface area contributed by atoms with Crippen molar-refractivity contribution >= 4 is 5.91 Å². The number of carbonyl (C=O) groups excluding carboxylic acids is 1. The van der Waals surface area contributed by atoms with Crippen LogP contribution in [0.3, 0.4) is 0 Å². The standard InChI is InChI=1S/C11H13FN2O2/c12-8-2-3-9(13-6-8)10(16)14-11(7-15)4-1-5-11/h2-3,6,15H,1,4-5,7H2,(H,14,16). The third kappa shape index (κ3) is 2.04. The molecule has 1 aliphatic rings. The molecule has 5 heteroatoms. The first-order valence-electron chi connectivity index (χ1n) is 5.20. The molecule has 0 spiro atoms. The number of nitrogens with zero attached hydrogens (tertiary/aromatic N) is 1. The number of halogens is 1. The monoisotopic (exact) mass is 224 g/mol. The van der Waals surface area contributed by atoms with Gasteiger partial charge in [0, 0.05) is 0 Å². The topological polar surface area (TPSA) is 62.2 Å². The molecule has 0 unspecified atom stereocenters. The van der Waals surface area contributed by atoms with E-state index in [1.54, 1.807) is 0 Å². The molecule has 2 rings (SSSR count). The van der Waals surface area contributed by atoms with Gasteiger partial charge in [-0.1, -0.05) is 0 Å². The molecule has 0 aromatic carbocycles. The van der Waals surface area contributed by atoms with E-state index in [0.717, 1.165) is 25.5 Å². The number of amides is 1. The second-order valence-corrected chi connectivity index (χ2v) is 4.11. The van der Waals surface area contributed by atoms with Gasteiger partial charge in [-0.2, -0.15) is 0 Å². The van der Waals surface area contributed by atoms with E-state index in [4.69, 9.17) is 0 Å². The van der Waals surface area contributed by atoms with Crippen molar-refractivity contribution in [2.75, 3.05) is 6.61 Å². The number of hydrogen-bond acceptors (Lipinski definition) is 3. The summed E-state index contributed by atoms with van der Waals surface area (Å²) in [7, 11) is 0. The maximum atomic E-state index is 12.6. The van der Waals surface area contributed by atoms with Gasteiger partial charge < -0.3 is 10.4 Å². The molecule has 1 heterocycles. The minimum absolute atomic E-state index is 0.0695. The third-order valence-corrected chi connectivity index (χ3v) is 2.95. The van der Waals surface area contributed by atoms with Crippen molar-refractivity contribution in [3.05, 3.63) is 29.8 Å². The number of pyridine rings is 1. The fourth-order valence-corrected chi connectivity index (χ4v) is 1.74. The van der Waals surface area contributed by atoms with Crippen molar-refractivity contribution in [1.29, 1.82) is 0 Å². The Kier molecular flexibility index (Phi) is 2.87. The van der Waals surface area contributed by atoms with Gasteiger partial charge in [-0.25, -0.2) is 9.37 Å². The summed E-state index contributed by atoms with van der Waals surface area (Å²) in [6.45, 7) is -0.0695. The molecule has 0 radical (unpaired) electrons. The van der Waals surface area contributed by atoms with Gasteiger partial charge in [-0.15, -0.1) is 0 Å². The predicted molar refractivity (Wildman–Crippen MR) is 55.3 cm³/mol. The van der Waals surface area contributed by atoms with Crippen LogP contribution in [0, 0.1) is 5.82 Å². The minimum atomic E-state index is -0.493. The van der Waals surface area contributed by atoms with Crippen LogP contribution in [0.5, 0.6) is 0 Å². The zero-order chi connectivity index (χ0) is 11.6. The van der Waals surface area contributed by atoms with E-state index >= 15 is 0 Å². The summed E-state index contributed by atoms with van der Waals surface area (Å²) in [5, 5.41) is 11.9. The average Bonchev–Trinajstić information content (AvgIpc) is 2.24. The zero-order valence-electron chi connectivity index (χ0n) is 8.74. The first-order valence-corrected chi connectivity index (χ1v) is 5.20. The van der Waals surface area contributed by atoms with E-state index in [0.29, 0.717) is 0 Å². The van der Waals surface area contributed by atoms with Crippen molar-refractivity contribution in [3.63, 3.8) is 0 Å². The van der Waals surface area contributed by atoms with Crippen LogP contribution in [0.1, 0.15) is 29.8 Å². The lowest BCUT2D eigenvalue weighted by atomic mass is 9.77. The van der Waals surface area contributed by atoms with E-state index in [9.17, 15) is 14.3 Å². The second kappa shape index (κ2) is 4.17. The van der Waals surface area contributed by atoms with Crippen LogP contribution in [-0.4, -0.2) is 28.1 Å². The van der Waals surface area contributed by atoms with E-state index in [1.807, 2.05) is 0 Å². The van der Waals surface area contributed by atoms with Crippen molar-refractivity contribution in [3.8, 4) is 0 Å². The van der Waals surface area contributed by atoms with E-state index in [2.05, 4.69) is 10.3 Å². The molecule has 0 saturated heterocycles. The van der Waals surface area contributed by atoms with Crippen molar-refractivity contribution < 1.29 is 14.3 Å². The van der Waals surface area contributed by atoms with Gasteiger partial charge in [0.2, 0.25) is 0 Å². The van der Waals surface area contributed by atoms with E-state index < -0.39 is 11.4 Å². The van der Waals surface area contributed by atoms with Crippen molar-refractivity contribution in [2.45, 2.75) is 24.8 Å². The molecule has 86 valence electrons. The van der Waals surface area contributed by atoms with Gasteiger partial charge >= 0.3 is 0 Å². The van der Waals surface area contributed by atoms with Crippen LogP contribution in [0.25, 0.3) is 0 Å². The quantitative estimate of drug-likeness (QED) is 0.800. The fraction of sp³-hybridized carbons (Fsp3) is 0.455. The Balaban J connectivity index is 2.05. The number of hydrogen-bond donors (Lipinski definition) is 2. The third-order valence-electron chi connectivity index (χ3n) is 2.95. The second-order valence-electron chi connectivity index (χ2n) is 4.11. The number of carbonyl (C=O) groups is 1. The summed E-state index contributed by atoms with van der Waals surface area (Å²) < 4.78 is 12.6. The zero-order valence-corrected chi connectivity index (χ0v) is 8.74. The molecular weight excluding hydrogens is 211 g/mol. The Morgan fingerprint density at radius 1 is 1.56 bits per heavy atom. The Morgan fingerprint density at radius 3 is 2.75 bits per heavy atom. The first-order chi connectivity index (χ1) is 7.65.